The maximum Gasteiger partial charge on any atom is 0.333 e. The number of ether oxygens (including phenoxy) is 1. The Morgan fingerprint density at radius 1 is 1.07 bits per heavy atom. The summed E-state index contributed by atoms with van der Waals surface area (Å²) in [7, 11) is 0. The number of nitrogens with zero attached hydrogens (tertiary/aromatic N) is 6. The fourth-order valence-corrected chi connectivity index (χ4v) is 6.13. The number of carbonyl (C=O) groups excluding carboxylic acids is 2. The van der Waals surface area contributed by atoms with E-state index in [1.807, 2.05) is 43.3 Å². The van der Waals surface area contributed by atoms with E-state index in [1.54, 1.807) is 50.8 Å². The van der Waals surface area contributed by atoms with Crippen molar-refractivity contribution in [2.45, 2.75) is 45.0 Å². The van der Waals surface area contributed by atoms with Crippen LogP contribution >= 0.6 is 27.5 Å². The summed E-state index contributed by atoms with van der Waals surface area (Å²) in [5.41, 5.74) is 2.77. The second-order valence-electron chi connectivity index (χ2n) is 11.3. The van der Waals surface area contributed by atoms with Crippen molar-refractivity contribution in [3.05, 3.63) is 122 Å². The second kappa shape index (κ2) is 12.3. The molecule has 1 atom stereocenters. The van der Waals surface area contributed by atoms with E-state index < -0.39 is 11.9 Å². The lowest BCUT2D eigenvalue weighted by Crippen LogP contribution is -2.41. The summed E-state index contributed by atoms with van der Waals surface area (Å²) in [6, 6.07) is 19.3. The highest BCUT2D eigenvalue weighted by Crippen LogP contribution is 2.29. The van der Waals surface area contributed by atoms with E-state index in [1.165, 1.54) is 10.9 Å². The lowest BCUT2D eigenvalue weighted by molar-refractivity contribution is 0.0706. The molecule has 2 amide bonds. The molecule has 0 bridgehead atoms. The van der Waals surface area contributed by atoms with Crippen molar-refractivity contribution in [2.24, 2.45) is 0 Å². The molecule has 11 nitrogen and oxygen atoms in total. The smallest absolute Gasteiger partial charge is 0.333 e. The normalized spacial score (nSPS) is 14.9. The average Bonchev–Trinajstić information content (AvgIpc) is 3.60. The fourth-order valence-electron chi connectivity index (χ4n) is 5.71. The van der Waals surface area contributed by atoms with Gasteiger partial charge in [0, 0.05) is 23.1 Å². The number of aromatic nitrogens is 5. The van der Waals surface area contributed by atoms with E-state index in [0.29, 0.717) is 38.7 Å². The van der Waals surface area contributed by atoms with E-state index in [-0.39, 0.29) is 36.5 Å². The molecule has 5 aromatic rings. The Morgan fingerprint density at radius 3 is 2.57 bits per heavy atom. The summed E-state index contributed by atoms with van der Waals surface area (Å²) in [6.45, 7) is 2.45. The third-order valence-corrected chi connectivity index (χ3v) is 9.42. The number of benzene rings is 3. The largest absolute Gasteiger partial charge is 0.490 e. The van der Waals surface area contributed by atoms with Crippen molar-refractivity contribution >= 4 is 39.3 Å². The van der Waals surface area contributed by atoms with Crippen LogP contribution < -0.4 is 15.7 Å². The number of nitrogens with one attached hydrogen (secondary N) is 1. The van der Waals surface area contributed by atoms with Crippen molar-refractivity contribution in [1.29, 1.82) is 0 Å². The molecular formula is C33H29BrClN7O4. The Bertz CT molecular complexity index is 2000. The molecule has 1 unspecified atom stereocenters. The standard InChI is InChI=1S/C33H29BrClN7O4/c1-20(25-4-2-3-5-28(25)41-19-36-18-37-41)38-31(43)30-29-17-39(32(44)21-6-13-26(34)27(35)16-21)14-15-40(29)33(45)42(30)22-7-9-23(10-8-22)46-24-11-12-24/h2-10,13,16,18-20,24H,11-12,14-15,17H2,1H3,(H,38,43). The van der Waals surface area contributed by atoms with Crippen LogP contribution in [-0.2, 0) is 13.1 Å². The molecule has 1 N–H and O–H groups in total. The van der Waals surface area contributed by atoms with Crippen LogP contribution in [0.3, 0.4) is 0 Å². The highest BCUT2D eigenvalue weighted by atomic mass is 79.9. The quantitative estimate of drug-likeness (QED) is 0.234. The number of fused-ring (bicyclic) bond motifs is 1. The summed E-state index contributed by atoms with van der Waals surface area (Å²) < 4.78 is 11.2. The van der Waals surface area contributed by atoms with Gasteiger partial charge in [0.15, 0.2) is 0 Å². The molecule has 1 saturated carbocycles. The van der Waals surface area contributed by atoms with Crippen LogP contribution in [0.25, 0.3) is 11.4 Å². The van der Waals surface area contributed by atoms with Gasteiger partial charge >= 0.3 is 5.69 Å². The molecule has 0 radical (unpaired) electrons. The fraction of sp³-hybridized carbons (Fsp3) is 0.242. The van der Waals surface area contributed by atoms with Gasteiger partial charge in [0.05, 0.1) is 40.8 Å². The number of amides is 2. The van der Waals surface area contributed by atoms with Gasteiger partial charge in [-0.15, -0.1) is 0 Å². The zero-order valence-corrected chi connectivity index (χ0v) is 27.1. The maximum atomic E-state index is 14.3. The first-order chi connectivity index (χ1) is 22.3. The van der Waals surface area contributed by atoms with Crippen molar-refractivity contribution in [3.8, 4) is 17.1 Å². The Hall–Kier alpha value is -4.68. The van der Waals surface area contributed by atoms with Crippen LogP contribution in [0.15, 0.2) is 88.7 Å². The maximum absolute atomic E-state index is 14.3. The minimum Gasteiger partial charge on any atom is -0.490 e. The molecule has 1 aliphatic carbocycles. The summed E-state index contributed by atoms with van der Waals surface area (Å²) in [4.78, 5) is 47.5. The third-order valence-electron chi connectivity index (χ3n) is 8.19. The Kier molecular flexibility index (Phi) is 7.99. The number of para-hydroxylation sites is 1. The van der Waals surface area contributed by atoms with E-state index in [2.05, 4.69) is 31.3 Å². The lowest BCUT2D eigenvalue weighted by atomic mass is 10.1. The molecule has 3 heterocycles. The van der Waals surface area contributed by atoms with Gasteiger partial charge in [0.1, 0.15) is 24.1 Å². The molecule has 1 aliphatic heterocycles. The van der Waals surface area contributed by atoms with Gasteiger partial charge in [-0.05, 0) is 89.8 Å². The molecule has 234 valence electrons. The van der Waals surface area contributed by atoms with Crippen LogP contribution in [0.5, 0.6) is 5.75 Å². The Morgan fingerprint density at radius 2 is 1.85 bits per heavy atom. The molecule has 0 spiro atoms. The van der Waals surface area contributed by atoms with Crippen molar-refractivity contribution in [3.63, 3.8) is 0 Å². The van der Waals surface area contributed by atoms with Gasteiger partial charge in [0.2, 0.25) is 0 Å². The number of hydrogen-bond donors (Lipinski definition) is 1. The zero-order chi connectivity index (χ0) is 31.9. The molecule has 2 aromatic heterocycles. The molecule has 2 aliphatic rings. The lowest BCUT2D eigenvalue weighted by Gasteiger charge is -2.28. The number of halogens is 2. The summed E-state index contributed by atoms with van der Waals surface area (Å²) in [6.07, 6.45) is 5.32. The molecule has 46 heavy (non-hydrogen) atoms. The highest BCUT2D eigenvalue weighted by molar-refractivity contribution is 9.10. The Labute approximate surface area is 277 Å². The second-order valence-corrected chi connectivity index (χ2v) is 12.6. The number of hydrogen-bond acceptors (Lipinski definition) is 6. The van der Waals surface area contributed by atoms with Crippen molar-refractivity contribution < 1.29 is 14.3 Å². The molecule has 13 heteroatoms. The third kappa shape index (κ3) is 5.74. The average molecular weight is 703 g/mol. The molecular weight excluding hydrogens is 674 g/mol. The van der Waals surface area contributed by atoms with Crippen LogP contribution in [0.2, 0.25) is 5.02 Å². The number of imidazole rings is 1. The molecule has 1 fully saturated rings. The Balaban J connectivity index is 1.26. The number of carbonyl (C=O) groups is 2. The van der Waals surface area contributed by atoms with E-state index in [0.717, 1.165) is 24.1 Å². The summed E-state index contributed by atoms with van der Waals surface area (Å²) in [5, 5.41) is 7.77. The first-order valence-electron chi connectivity index (χ1n) is 14.9. The predicted molar refractivity (Wildman–Crippen MR) is 175 cm³/mol. The molecule has 3 aromatic carbocycles. The van der Waals surface area contributed by atoms with Crippen LogP contribution in [0.1, 0.15) is 57.9 Å². The van der Waals surface area contributed by atoms with Gasteiger partial charge < -0.3 is 15.0 Å². The predicted octanol–water partition coefficient (Wildman–Crippen LogP) is 5.32. The minimum absolute atomic E-state index is 0.0598. The van der Waals surface area contributed by atoms with E-state index in [4.69, 9.17) is 16.3 Å². The van der Waals surface area contributed by atoms with Gasteiger partial charge in [-0.3, -0.25) is 18.7 Å². The first-order valence-corrected chi connectivity index (χ1v) is 16.1. The first kappa shape index (κ1) is 30.0. The van der Waals surface area contributed by atoms with E-state index >= 15 is 0 Å². The van der Waals surface area contributed by atoms with Crippen molar-refractivity contribution in [2.75, 3.05) is 6.54 Å². The van der Waals surface area contributed by atoms with Crippen molar-refractivity contribution in [1.82, 2.24) is 34.1 Å². The summed E-state index contributed by atoms with van der Waals surface area (Å²) in [5.74, 6) is 0.00694. The minimum atomic E-state index is -0.465. The zero-order valence-electron chi connectivity index (χ0n) is 24.8. The number of rotatable bonds is 8. The van der Waals surface area contributed by atoms with Gasteiger partial charge in [0.25, 0.3) is 11.8 Å². The topological polar surface area (TPSA) is 116 Å². The van der Waals surface area contributed by atoms with Crippen LogP contribution in [-0.4, -0.2) is 53.3 Å². The highest BCUT2D eigenvalue weighted by Gasteiger charge is 2.33. The SMILES string of the molecule is CC(NC(=O)c1c2n(c(=O)n1-c1ccc(OC3CC3)cc1)CCN(C(=O)c1ccc(Br)c(Cl)c1)C2)c1ccccc1-n1cncn1. The van der Waals surface area contributed by atoms with E-state index in [9.17, 15) is 14.4 Å². The van der Waals surface area contributed by atoms with Gasteiger partial charge in [-0.2, -0.15) is 5.10 Å². The monoisotopic (exact) mass is 701 g/mol. The van der Waals surface area contributed by atoms with Gasteiger partial charge in [-0.25, -0.2) is 14.5 Å². The van der Waals surface area contributed by atoms with Crippen LogP contribution in [0.4, 0.5) is 0 Å². The molecule has 0 saturated heterocycles. The summed E-state index contributed by atoms with van der Waals surface area (Å²) >= 11 is 9.65. The van der Waals surface area contributed by atoms with Crippen LogP contribution in [0, 0.1) is 0 Å². The van der Waals surface area contributed by atoms with Gasteiger partial charge in [-0.1, -0.05) is 29.8 Å². The molecule has 7 rings (SSSR count).